The number of thioether (sulfide) groups is 1. The van der Waals surface area contributed by atoms with E-state index in [9.17, 15) is 4.39 Å². The van der Waals surface area contributed by atoms with Crippen molar-refractivity contribution in [2.45, 2.75) is 42.8 Å². The molecule has 0 aliphatic carbocycles. The SMILES string of the molecule is Cc1cc(C)c(SCC(Cl)CC(Cl)c2ccc(F)cc2)c(C)c1. The zero-order valence-corrected chi connectivity index (χ0v) is 15.9. The normalized spacial score (nSPS) is 13.8. The van der Waals surface area contributed by atoms with Crippen LogP contribution >= 0.6 is 35.0 Å². The summed E-state index contributed by atoms with van der Waals surface area (Å²) in [6, 6.07) is 10.7. The van der Waals surface area contributed by atoms with Gasteiger partial charge in [0.1, 0.15) is 5.82 Å². The Labute approximate surface area is 152 Å². The lowest BCUT2D eigenvalue weighted by atomic mass is 10.1. The summed E-state index contributed by atoms with van der Waals surface area (Å²) < 4.78 is 13.0. The molecule has 2 atom stereocenters. The first kappa shape index (κ1) is 18.6. The fourth-order valence-corrected chi connectivity index (χ4v) is 4.54. The molecule has 23 heavy (non-hydrogen) atoms. The van der Waals surface area contributed by atoms with Crippen LogP contribution in [0.4, 0.5) is 4.39 Å². The molecule has 124 valence electrons. The average Bonchev–Trinajstić information content (AvgIpc) is 2.46. The Morgan fingerprint density at radius 3 is 2.13 bits per heavy atom. The smallest absolute Gasteiger partial charge is 0.123 e. The van der Waals surface area contributed by atoms with Gasteiger partial charge < -0.3 is 0 Å². The van der Waals surface area contributed by atoms with Gasteiger partial charge in [0.2, 0.25) is 0 Å². The quantitative estimate of drug-likeness (QED) is 0.397. The van der Waals surface area contributed by atoms with Crippen molar-refractivity contribution in [2.75, 3.05) is 5.75 Å². The summed E-state index contributed by atoms with van der Waals surface area (Å²) in [5, 5.41) is -0.230. The second-order valence-corrected chi connectivity index (χ2v) is 8.07. The van der Waals surface area contributed by atoms with Gasteiger partial charge in [-0.25, -0.2) is 4.39 Å². The van der Waals surface area contributed by atoms with Crippen molar-refractivity contribution < 1.29 is 4.39 Å². The van der Waals surface area contributed by atoms with Crippen LogP contribution in [0.2, 0.25) is 0 Å². The molecule has 2 aromatic carbocycles. The first-order valence-corrected chi connectivity index (χ1v) is 9.47. The number of alkyl halides is 2. The van der Waals surface area contributed by atoms with Crippen LogP contribution < -0.4 is 0 Å². The van der Waals surface area contributed by atoms with E-state index in [1.807, 2.05) is 0 Å². The van der Waals surface area contributed by atoms with Crippen molar-refractivity contribution in [1.82, 2.24) is 0 Å². The Balaban J connectivity index is 1.92. The molecule has 0 N–H and O–H groups in total. The number of hydrogen-bond donors (Lipinski definition) is 0. The largest absolute Gasteiger partial charge is 0.207 e. The molecule has 2 aromatic rings. The van der Waals surface area contributed by atoms with Gasteiger partial charge in [-0.1, -0.05) is 29.8 Å². The second kappa shape index (κ2) is 8.41. The van der Waals surface area contributed by atoms with E-state index in [2.05, 4.69) is 32.9 Å². The zero-order valence-electron chi connectivity index (χ0n) is 13.6. The minimum atomic E-state index is -0.249. The fourth-order valence-electron chi connectivity index (χ4n) is 2.67. The van der Waals surface area contributed by atoms with Crippen LogP contribution in [-0.2, 0) is 0 Å². The Morgan fingerprint density at radius 1 is 1.00 bits per heavy atom. The minimum absolute atomic E-state index is 0.0346. The molecule has 0 amide bonds. The molecule has 0 heterocycles. The summed E-state index contributed by atoms with van der Waals surface area (Å²) in [6.45, 7) is 6.38. The monoisotopic (exact) mass is 370 g/mol. The summed E-state index contributed by atoms with van der Waals surface area (Å²) in [5.74, 6) is 0.553. The predicted molar refractivity (Wildman–Crippen MR) is 101 cm³/mol. The highest BCUT2D eigenvalue weighted by atomic mass is 35.5. The van der Waals surface area contributed by atoms with Crippen LogP contribution in [0, 0.1) is 26.6 Å². The third-order valence-corrected chi connectivity index (χ3v) is 6.15. The fraction of sp³-hybridized carbons (Fsp3) is 0.368. The van der Waals surface area contributed by atoms with E-state index in [-0.39, 0.29) is 16.6 Å². The molecule has 0 aliphatic rings. The van der Waals surface area contributed by atoms with Crippen LogP contribution in [0.3, 0.4) is 0 Å². The Kier molecular flexibility index (Phi) is 6.82. The average molecular weight is 371 g/mol. The predicted octanol–water partition coefficient (Wildman–Crippen LogP) is 6.82. The van der Waals surface area contributed by atoms with E-state index in [0.29, 0.717) is 6.42 Å². The summed E-state index contributed by atoms with van der Waals surface area (Å²) in [5.41, 5.74) is 4.77. The molecular formula is C19H21Cl2FS. The van der Waals surface area contributed by atoms with E-state index < -0.39 is 0 Å². The van der Waals surface area contributed by atoms with Crippen molar-refractivity contribution in [3.8, 4) is 0 Å². The number of halogens is 3. The molecule has 0 bridgehead atoms. The van der Waals surface area contributed by atoms with Gasteiger partial charge >= 0.3 is 0 Å². The highest BCUT2D eigenvalue weighted by Gasteiger charge is 2.16. The van der Waals surface area contributed by atoms with Crippen molar-refractivity contribution in [3.05, 3.63) is 64.5 Å². The van der Waals surface area contributed by atoms with E-state index >= 15 is 0 Å². The maximum Gasteiger partial charge on any atom is 0.123 e. The summed E-state index contributed by atoms with van der Waals surface area (Å²) >= 11 is 14.6. The van der Waals surface area contributed by atoms with Crippen LogP contribution in [0.1, 0.15) is 34.1 Å². The first-order valence-electron chi connectivity index (χ1n) is 7.61. The van der Waals surface area contributed by atoms with Crippen LogP contribution in [0.25, 0.3) is 0 Å². The molecule has 0 nitrogen and oxygen atoms in total. The maximum atomic E-state index is 13.0. The zero-order chi connectivity index (χ0) is 17.0. The van der Waals surface area contributed by atoms with Crippen LogP contribution in [0.5, 0.6) is 0 Å². The third kappa shape index (κ3) is 5.41. The third-order valence-electron chi connectivity index (χ3n) is 3.71. The number of benzene rings is 2. The maximum absolute atomic E-state index is 13.0. The highest BCUT2D eigenvalue weighted by molar-refractivity contribution is 7.99. The molecule has 4 heteroatoms. The van der Waals surface area contributed by atoms with Gasteiger partial charge in [0, 0.05) is 16.0 Å². The molecule has 0 aliphatic heterocycles. The van der Waals surface area contributed by atoms with Crippen molar-refractivity contribution in [3.63, 3.8) is 0 Å². The van der Waals surface area contributed by atoms with Gasteiger partial charge in [-0.3, -0.25) is 0 Å². The van der Waals surface area contributed by atoms with E-state index in [0.717, 1.165) is 11.3 Å². The number of aryl methyl sites for hydroxylation is 3. The molecule has 2 unspecified atom stereocenters. The summed E-state index contributed by atoms with van der Waals surface area (Å²) in [4.78, 5) is 1.30. The van der Waals surface area contributed by atoms with Crippen molar-refractivity contribution in [1.29, 1.82) is 0 Å². The van der Waals surface area contributed by atoms with E-state index in [1.165, 1.54) is 33.7 Å². The van der Waals surface area contributed by atoms with Gasteiger partial charge in [0.25, 0.3) is 0 Å². The lowest BCUT2D eigenvalue weighted by molar-refractivity contribution is 0.626. The first-order chi connectivity index (χ1) is 10.9. The second-order valence-electron chi connectivity index (χ2n) is 5.89. The molecule has 0 spiro atoms. The summed E-state index contributed by atoms with van der Waals surface area (Å²) in [6.07, 6.45) is 0.658. The number of rotatable bonds is 6. The van der Waals surface area contributed by atoms with Gasteiger partial charge in [0.05, 0.1) is 5.38 Å². The molecular weight excluding hydrogens is 350 g/mol. The Morgan fingerprint density at radius 2 is 1.57 bits per heavy atom. The van der Waals surface area contributed by atoms with Gasteiger partial charge in [-0.2, -0.15) is 0 Å². The standard InChI is InChI=1S/C19H21Cl2FS/c1-12-8-13(2)19(14(3)9-12)23-11-16(20)10-18(21)15-4-6-17(22)7-5-15/h4-9,16,18H,10-11H2,1-3H3. The molecule has 0 fully saturated rings. The molecule has 0 aromatic heterocycles. The highest BCUT2D eigenvalue weighted by Crippen LogP contribution is 2.33. The molecule has 2 rings (SSSR count). The van der Waals surface area contributed by atoms with Crippen molar-refractivity contribution in [2.24, 2.45) is 0 Å². The molecule has 0 saturated heterocycles. The summed E-state index contributed by atoms with van der Waals surface area (Å²) in [7, 11) is 0. The van der Waals surface area contributed by atoms with Gasteiger partial charge in [-0.15, -0.1) is 35.0 Å². The number of hydrogen-bond acceptors (Lipinski definition) is 1. The Bertz CT molecular complexity index is 632. The van der Waals surface area contributed by atoms with Crippen LogP contribution in [-0.4, -0.2) is 11.1 Å². The minimum Gasteiger partial charge on any atom is -0.207 e. The molecule has 0 radical (unpaired) electrons. The van der Waals surface area contributed by atoms with Crippen LogP contribution in [0.15, 0.2) is 41.3 Å². The van der Waals surface area contributed by atoms with E-state index in [1.54, 1.807) is 23.9 Å². The van der Waals surface area contributed by atoms with E-state index in [4.69, 9.17) is 23.2 Å². The van der Waals surface area contributed by atoms with Gasteiger partial charge in [0.15, 0.2) is 0 Å². The van der Waals surface area contributed by atoms with Crippen molar-refractivity contribution >= 4 is 35.0 Å². The molecule has 0 saturated carbocycles. The topological polar surface area (TPSA) is 0 Å². The lowest BCUT2D eigenvalue weighted by Gasteiger charge is -2.16. The lowest BCUT2D eigenvalue weighted by Crippen LogP contribution is -2.07. The Hall–Kier alpha value is -0.700. The van der Waals surface area contributed by atoms with Gasteiger partial charge in [-0.05, 0) is 56.0 Å².